The van der Waals surface area contributed by atoms with Crippen LogP contribution in [0.4, 0.5) is 0 Å². The number of ether oxygens (including phenoxy) is 2. The average molecular weight is 296 g/mol. The highest BCUT2D eigenvalue weighted by molar-refractivity contribution is 4.89. The van der Waals surface area contributed by atoms with Crippen molar-refractivity contribution in [3.63, 3.8) is 0 Å². The largest absolute Gasteiger partial charge is 0.384 e. The van der Waals surface area contributed by atoms with E-state index < -0.39 is 0 Å². The van der Waals surface area contributed by atoms with Gasteiger partial charge in [0.2, 0.25) is 0 Å². The van der Waals surface area contributed by atoms with Crippen molar-refractivity contribution in [3.05, 3.63) is 0 Å². The molecule has 1 atom stereocenters. The number of hydrogen-bond acceptors (Lipinski definition) is 2. The molecule has 0 aromatic rings. The predicted octanol–water partition coefficient (Wildman–Crippen LogP) is 5.21. The standard InChI is InChI=1S/C19H36O2/c1-3-21-16-19(15-20-2,18-11-5-4-6-12-18)14-13-17-9-7-8-10-17/h17-18H,3-16H2,1-2H3. The van der Waals surface area contributed by atoms with Crippen LogP contribution >= 0.6 is 0 Å². The van der Waals surface area contributed by atoms with Crippen LogP contribution in [-0.4, -0.2) is 26.9 Å². The molecule has 0 saturated heterocycles. The Hall–Kier alpha value is -0.0800. The second-order valence-corrected chi connectivity index (χ2v) is 7.46. The van der Waals surface area contributed by atoms with Crippen molar-refractivity contribution in [2.45, 2.75) is 77.6 Å². The van der Waals surface area contributed by atoms with Crippen molar-refractivity contribution < 1.29 is 9.47 Å². The van der Waals surface area contributed by atoms with Gasteiger partial charge in [0.05, 0.1) is 13.2 Å². The molecule has 2 aliphatic rings. The highest BCUT2D eigenvalue weighted by Crippen LogP contribution is 2.44. The Morgan fingerprint density at radius 2 is 1.57 bits per heavy atom. The molecule has 2 nitrogen and oxygen atoms in total. The molecule has 0 aromatic heterocycles. The van der Waals surface area contributed by atoms with Crippen molar-refractivity contribution in [1.29, 1.82) is 0 Å². The van der Waals surface area contributed by atoms with Crippen LogP contribution in [0.15, 0.2) is 0 Å². The summed E-state index contributed by atoms with van der Waals surface area (Å²) >= 11 is 0. The molecule has 0 amide bonds. The lowest BCUT2D eigenvalue weighted by Crippen LogP contribution is -2.41. The van der Waals surface area contributed by atoms with Gasteiger partial charge in [-0.25, -0.2) is 0 Å². The molecule has 1 unspecified atom stereocenters. The fourth-order valence-corrected chi connectivity index (χ4v) is 4.72. The fraction of sp³-hybridized carbons (Fsp3) is 1.00. The molecule has 21 heavy (non-hydrogen) atoms. The van der Waals surface area contributed by atoms with Gasteiger partial charge in [0, 0.05) is 19.1 Å². The average Bonchev–Trinajstić information content (AvgIpc) is 3.04. The van der Waals surface area contributed by atoms with Crippen molar-refractivity contribution in [2.75, 3.05) is 26.9 Å². The Bertz CT molecular complexity index is 267. The molecule has 2 heteroatoms. The van der Waals surface area contributed by atoms with E-state index in [-0.39, 0.29) is 5.41 Å². The molecule has 2 fully saturated rings. The zero-order valence-electron chi connectivity index (χ0n) is 14.4. The monoisotopic (exact) mass is 296 g/mol. The molecule has 0 aromatic carbocycles. The Balaban J connectivity index is 2.00. The molecule has 0 bridgehead atoms. The minimum atomic E-state index is 0.285. The number of hydrogen-bond donors (Lipinski definition) is 0. The molecule has 2 aliphatic carbocycles. The molecular formula is C19H36O2. The van der Waals surface area contributed by atoms with E-state index in [0.717, 1.165) is 31.7 Å². The summed E-state index contributed by atoms with van der Waals surface area (Å²) in [5.74, 6) is 1.80. The summed E-state index contributed by atoms with van der Waals surface area (Å²) in [4.78, 5) is 0. The summed E-state index contributed by atoms with van der Waals surface area (Å²) in [7, 11) is 1.87. The van der Waals surface area contributed by atoms with Crippen LogP contribution in [0.3, 0.4) is 0 Å². The van der Waals surface area contributed by atoms with Crippen LogP contribution in [0.2, 0.25) is 0 Å². The van der Waals surface area contributed by atoms with Crippen LogP contribution < -0.4 is 0 Å². The topological polar surface area (TPSA) is 18.5 Å². The van der Waals surface area contributed by atoms with Gasteiger partial charge in [-0.15, -0.1) is 0 Å². The van der Waals surface area contributed by atoms with Gasteiger partial charge in [-0.3, -0.25) is 0 Å². The second-order valence-electron chi connectivity index (χ2n) is 7.46. The number of rotatable bonds is 9. The van der Waals surface area contributed by atoms with Crippen molar-refractivity contribution in [3.8, 4) is 0 Å². The molecule has 2 rings (SSSR count). The second kappa shape index (κ2) is 9.15. The van der Waals surface area contributed by atoms with Gasteiger partial charge in [0.15, 0.2) is 0 Å². The SMILES string of the molecule is CCOCC(CCC1CCCC1)(COC)C1CCCCC1. The zero-order valence-corrected chi connectivity index (χ0v) is 14.4. The summed E-state index contributed by atoms with van der Waals surface area (Å²) in [5.41, 5.74) is 0.285. The van der Waals surface area contributed by atoms with Gasteiger partial charge >= 0.3 is 0 Å². The third-order valence-electron chi connectivity index (χ3n) is 6.02. The maximum absolute atomic E-state index is 5.94. The Morgan fingerprint density at radius 3 is 2.19 bits per heavy atom. The molecule has 124 valence electrons. The van der Waals surface area contributed by atoms with Crippen molar-refractivity contribution >= 4 is 0 Å². The molecule has 2 saturated carbocycles. The van der Waals surface area contributed by atoms with E-state index in [1.807, 2.05) is 7.11 Å². The maximum Gasteiger partial charge on any atom is 0.0547 e. The Morgan fingerprint density at radius 1 is 0.905 bits per heavy atom. The third kappa shape index (κ3) is 4.96. The fourth-order valence-electron chi connectivity index (χ4n) is 4.72. The first-order valence-electron chi connectivity index (χ1n) is 9.37. The van der Waals surface area contributed by atoms with Crippen molar-refractivity contribution in [1.82, 2.24) is 0 Å². The lowest BCUT2D eigenvalue weighted by Gasteiger charge is -2.43. The third-order valence-corrected chi connectivity index (χ3v) is 6.02. The first-order chi connectivity index (χ1) is 10.3. The maximum atomic E-state index is 5.94. The van der Waals surface area contributed by atoms with Crippen LogP contribution in [0, 0.1) is 17.3 Å². The van der Waals surface area contributed by atoms with Gasteiger partial charge in [0.1, 0.15) is 0 Å². The smallest absolute Gasteiger partial charge is 0.0547 e. The van der Waals surface area contributed by atoms with Crippen LogP contribution in [0.5, 0.6) is 0 Å². The van der Waals surface area contributed by atoms with Gasteiger partial charge < -0.3 is 9.47 Å². The summed E-state index contributed by atoms with van der Waals surface area (Å²) in [6.07, 6.45) is 15.6. The van der Waals surface area contributed by atoms with Gasteiger partial charge in [-0.2, -0.15) is 0 Å². The van der Waals surface area contributed by atoms with Crippen molar-refractivity contribution in [2.24, 2.45) is 17.3 Å². The number of methoxy groups -OCH3 is 1. The van der Waals surface area contributed by atoms with Crippen LogP contribution in [0.1, 0.15) is 77.6 Å². The first-order valence-corrected chi connectivity index (χ1v) is 9.37. The Labute approximate surface area is 132 Å². The van der Waals surface area contributed by atoms with E-state index in [1.54, 1.807) is 0 Å². The lowest BCUT2D eigenvalue weighted by atomic mass is 9.66. The summed E-state index contributed by atoms with van der Waals surface area (Å²) in [5, 5.41) is 0. The van der Waals surface area contributed by atoms with E-state index in [1.165, 1.54) is 70.6 Å². The zero-order chi connectivity index (χ0) is 15.0. The van der Waals surface area contributed by atoms with E-state index >= 15 is 0 Å². The Kier molecular flexibility index (Phi) is 7.53. The molecular weight excluding hydrogens is 260 g/mol. The van der Waals surface area contributed by atoms with E-state index in [9.17, 15) is 0 Å². The minimum Gasteiger partial charge on any atom is -0.384 e. The minimum absolute atomic E-state index is 0.285. The van der Waals surface area contributed by atoms with Gasteiger partial charge in [0.25, 0.3) is 0 Å². The van der Waals surface area contributed by atoms with Gasteiger partial charge in [-0.05, 0) is 44.4 Å². The highest BCUT2D eigenvalue weighted by atomic mass is 16.5. The molecule has 0 heterocycles. The molecule has 0 aliphatic heterocycles. The summed E-state index contributed by atoms with van der Waals surface area (Å²) in [6.45, 7) is 4.76. The van der Waals surface area contributed by atoms with Gasteiger partial charge in [-0.1, -0.05) is 44.9 Å². The van der Waals surface area contributed by atoms with Crippen LogP contribution in [0.25, 0.3) is 0 Å². The summed E-state index contributed by atoms with van der Waals surface area (Å²) < 4.78 is 11.6. The van der Waals surface area contributed by atoms with Crippen LogP contribution in [-0.2, 0) is 9.47 Å². The summed E-state index contributed by atoms with van der Waals surface area (Å²) in [6, 6.07) is 0. The van der Waals surface area contributed by atoms with E-state index in [0.29, 0.717) is 0 Å². The first kappa shape index (κ1) is 17.3. The van der Waals surface area contributed by atoms with E-state index in [2.05, 4.69) is 6.92 Å². The lowest BCUT2D eigenvalue weighted by molar-refractivity contribution is -0.0593. The quantitative estimate of drug-likeness (QED) is 0.581. The predicted molar refractivity (Wildman–Crippen MR) is 88.6 cm³/mol. The normalized spacial score (nSPS) is 24.3. The molecule has 0 spiro atoms. The molecule has 0 N–H and O–H groups in total. The highest BCUT2D eigenvalue weighted by Gasteiger charge is 2.40. The molecule has 0 radical (unpaired) electrons. The van der Waals surface area contributed by atoms with E-state index in [4.69, 9.17) is 9.47 Å².